The monoisotopic (exact) mass is 352 g/mol. The molecular formula is C25H24N2. The Morgan fingerprint density at radius 3 is 1.81 bits per heavy atom. The van der Waals surface area contributed by atoms with Gasteiger partial charge >= 0.3 is 0 Å². The summed E-state index contributed by atoms with van der Waals surface area (Å²) in [6, 6.07) is 18.1. The van der Waals surface area contributed by atoms with Gasteiger partial charge in [-0.05, 0) is 77.9 Å². The lowest BCUT2D eigenvalue weighted by Gasteiger charge is -2.17. The maximum Gasteiger partial charge on any atom is 0.0514 e. The van der Waals surface area contributed by atoms with Crippen molar-refractivity contribution in [2.75, 3.05) is 0 Å². The Hall–Kier alpha value is -3.00. The molecule has 0 radical (unpaired) electrons. The predicted molar refractivity (Wildman–Crippen MR) is 113 cm³/mol. The number of hydrogen-bond donors (Lipinski definition) is 0. The minimum atomic E-state index is 1.02. The van der Waals surface area contributed by atoms with Crippen LogP contribution in [0.15, 0.2) is 60.9 Å². The van der Waals surface area contributed by atoms with Crippen LogP contribution in [0.5, 0.6) is 0 Å². The van der Waals surface area contributed by atoms with Crippen molar-refractivity contribution in [2.24, 2.45) is 14.1 Å². The quantitative estimate of drug-likeness (QED) is 0.375. The zero-order chi connectivity index (χ0) is 18.7. The summed E-state index contributed by atoms with van der Waals surface area (Å²) in [5, 5.41) is 0. The largest absolute Gasteiger partial charge is 0.350 e. The fraction of sp³-hybridized carbons (Fsp3) is 0.200. The number of aromatic nitrogens is 2. The summed E-state index contributed by atoms with van der Waals surface area (Å²) in [5.74, 6) is 0. The van der Waals surface area contributed by atoms with Gasteiger partial charge in [-0.2, -0.15) is 0 Å². The first-order chi connectivity index (χ1) is 13.0. The smallest absolute Gasteiger partial charge is 0.0514 e. The van der Waals surface area contributed by atoms with E-state index in [2.05, 4.69) is 98.0 Å². The fourth-order valence-corrected chi connectivity index (χ4v) is 4.69. The van der Waals surface area contributed by atoms with Gasteiger partial charge in [0, 0.05) is 37.6 Å². The van der Waals surface area contributed by atoms with Gasteiger partial charge in [-0.1, -0.05) is 24.3 Å². The predicted octanol–water partition coefficient (Wildman–Crippen LogP) is 5.89. The molecule has 0 aliphatic heterocycles. The second kappa shape index (κ2) is 5.75. The zero-order valence-electron chi connectivity index (χ0n) is 16.4. The lowest BCUT2D eigenvalue weighted by molar-refractivity contribution is 0.925. The molecule has 2 heteroatoms. The third-order valence-corrected chi connectivity index (χ3v) is 5.99. The molecule has 27 heavy (non-hydrogen) atoms. The summed E-state index contributed by atoms with van der Waals surface area (Å²) in [4.78, 5) is 0. The van der Waals surface area contributed by atoms with Gasteiger partial charge in [-0.15, -0.1) is 0 Å². The summed E-state index contributed by atoms with van der Waals surface area (Å²) in [5.41, 5.74) is 13.5. The summed E-state index contributed by atoms with van der Waals surface area (Å²) < 4.78 is 4.50. The van der Waals surface area contributed by atoms with Gasteiger partial charge in [0.25, 0.3) is 0 Å². The molecule has 0 saturated carbocycles. The fourth-order valence-electron chi connectivity index (χ4n) is 4.69. The minimum absolute atomic E-state index is 1.02. The second-order valence-electron chi connectivity index (χ2n) is 7.81. The number of hydrogen-bond acceptors (Lipinski definition) is 0. The van der Waals surface area contributed by atoms with Crippen LogP contribution >= 0.6 is 0 Å². The van der Waals surface area contributed by atoms with Crippen LogP contribution in [0.1, 0.15) is 22.3 Å². The molecule has 0 saturated heterocycles. The van der Waals surface area contributed by atoms with Gasteiger partial charge in [0.05, 0.1) is 11.4 Å². The standard InChI is InChI=1S/C25H24N2/c1-16-9-11-26(3)24(16)22-14-19-13-18-7-5-6-8-20(18)21(19)15-23(22)25-17(2)10-12-27(25)4/h5-12,14-15H,13H2,1-4H3. The van der Waals surface area contributed by atoms with Gasteiger partial charge in [0.1, 0.15) is 0 Å². The minimum Gasteiger partial charge on any atom is -0.350 e. The van der Waals surface area contributed by atoms with Crippen LogP contribution in [0.2, 0.25) is 0 Å². The van der Waals surface area contributed by atoms with E-state index in [1.54, 1.807) is 0 Å². The molecule has 0 unspecified atom stereocenters. The summed E-state index contributed by atoms with van der Waals surface area (Å²) in [6.07, 6.45) is 5.34. The highest BCUT2D eigenvalue weighted by Crippen LogP contribution is 2.44. The molecule has 2 aromatic heterocycles. The third kappa shape index (κ3) is 2.33. The van der Waals surface area contributed by atoms with Crippen molar-refractivity contribution in [1.82, 2.24) is 9.13 Å². The Balaban J connectivity index is 1.86. The van der Waals surface area contributed by atoms with E-state index in [0.717, 1.165) is 6.42 Å². The first-order valence-electron chi connectivity index (χ1n) is 9.54. The van der Waals surface area contributed by atoms with Crippen molar-refractivity contribution in [2.45, 2.75) is 20.3 Å². The molecule has 1 aliphatic carbocycles. The number of benzene rings is 2. The van der Waals surface area contributed by atoms with Crippen LogP contribution in [-0.2, 0) is 20.5 Å². The van der Waals surface area contributed by atoms with E-state index in [9.17, 15) is 0 Å². The first kappa shape index (κ1) is 16.2. The van der Waals surface area contributed by atoms with E-state index in [1.807, 2.05) is 0 Å². The molecular weight excluding hydrogens is 328 g/mol. The Morgan fingerprint density at radius 2 is 1.22 bits per heavy atom. The third-order valence-electron chi connectivity index (χ3n) is 5.99. The normalized spacial score (nSPS) is 12.3. The maximum absolute atomic E-state index is 2.43. The summed E-state index contributed by atoms with van der Waals surface area (Å²) in [7, 11) is 4.29. The maximum atomic E-state index is 2.43. The van der Waals surface area contributed by atoms with E-state index in [4.69, 9.17) is 0 Å². The molecule has 0 N–H and O–H groups in total. The van der Waals surface area contributed by atoms with Crippen molar-refractivity contribution >= 4 is 0 Å². The number of rotatable bonds is 2. The molecule has 4 aromatic rings. The molecule has 1 aliphatic rings. The van der Waals surface area contributed by atoms with E-state index < -0.39 is 0 Å². The Labute approximate surface area is 160 Å². The molecule has 134 valence electrons. The van der Waals surface area contributed by atoms with Gasteiger partial charge in [-0.25, -0.2) is 0 Å². The molecule has 2 heterocycles. The van der Waals surface area contributed by atoms with E-state index in [1.165, 1.54) is 55.9 Å². The van der Waals surface area contributed by atoms with Crippen LogP contribution in [-0.4, -0.2) is 9.13 Å². The average Bonchev–Trinajstić information content (AvgIpc) is 3.29. The van der Waals surface area contributed by atoms with Crippen molar-refractivity contribution in [3.63, 3.8) is 0 Å². The van der Waals surface area contributed by atoms with Crippen LogP contribution in [0.3, 0.4) is 0 Å². The molecule has 0 atom stereocenters. The van der Waals surface area contributed by atoms with Crippen LogP contribution in [0.25, 0.3) is 33.6 Å². The molecule has 2 nitrogen and oxygen atoms in total. The molecule has 0 bridgehead atoms. The average molecular weight is 352 g/mol. The highest BCUT2D eigenvalue weighted by Gasteiger charge is 2.24. The SMILES string of the molecule is Cc1ccn(C)c1-c1cc2c(cc1-c1c(C)ccn1C)-c1ccccc1C2. The first-order valence-corrected chi connectivity index (χ1v) is 9.54. The molecule has 5 rings (SSSR count). The van der Waals surface area contributed by atoms with Gasteiger partial charge in [0.2, 0.25) is 0 Å². The molecule has 0 amide bonds. The van der Waals surface area contributed by atoms with E-state index in [0.29, 0.717) is 0 Å². The van der Waals surface area contributed by atoms with Crippen molar-refractivity contribution < 1.29 is 0 Å². The molecule has 0 spiro atoms. The van der Waals surface area contributed by atoms with E-state index >= 15 is 0 Å². The number of fused-ring (bicyclic) bond motifs is 3. The topological polar surface area (TPSA) is 9.86 Å². The van der Waals surface area contributed by atoms with Crippen molar-refractivity contribution in [3.8, 4) is 33.6 Å². The second-order valence-corrected chi connectivity index (χ2v) is 7.81. The Bertz CT molecular complexity index is 1150. The van der Waals surface area contributed by atoms with Gasteiger partial charge in [0.15, 0.2) is 0 Å². The van der Waals surface area contributed by atoms with Crippen molar-refractivity contribution in [3.05, 3.63) is 83.2 Å². The lowest BCUT2D eigenvalue weighted by atomic mass is 9.92. The molecule has 2 aromatic carbocycles. The number of nitrogens with zero attached hydrogens (tertiary/aromatic N) is 2. The highest BCUT2D eigenvalue weighted by molar-refractivity contribution is 5.91. The summed E-state index contributed by atoms with van der Waals surface area (Å²) >= 11 is 0. The Kier molecular flexibility index (Phi) is 3.45. The number of aryl methyl sites for hydroxylation is 4. The van der Waals surface area contributed by atoms with Crippen LogP contribution in [0, 0.1) is 13.8 Å². The van der Waals surface area contributed by atoms with E-state index in [-0.39, 0.29) is 0 Å². The van der Waals surface area contributed by atoms with Gasteiger partial charge < -0.3 is 9.13 Å². The summed E-state index contributed by atoms with van der Waals surface area (Å²) in [6.45, 7) is 4.41. The highest BCUT2D eigenvalue weighted by atomic mass is 14.9. The Morgan fingerprint density at radius 1 is 0.630 bits per heavy atom. The lowest BCUT2D eigenvalue weighted by Crippen LogP contribution is -1.99. The molecule has 0 fully saturated rings. The van der Waals surface area contributed by atoms with Crippen LogP contribution in [0.4, 0.5) is 0 Å². The van der Waals surface area contributed by atoms with Crippen molar-refractivity contribution in [1.29, 1.82) is 0 Å². The van der Waals surface area contributed by atoms with Crippen LogP contribution < -0.4 is 0 Å². The van der Waals surface area contributed by atoms with Gasteiger partial charge in [-0.3, -0.25) is 0 Å². The zero-order valence-corrected chi connectivity index (χ0v) is 16.4.